The second-order valence-corrected chi connectivity index (χ2v) is 7.24. The number of halogens is 2. The molecule has 0 saturated carbocycles. The minimum atomic E-state index is -0.938. The highest BCUT2D eigenvalue weighted by molar-refractivity contribution is 9.10. The lowest BCUT2D eigenvalue weighted by atomic mass is 10.2. The van der Waals surface area contributed by atoms with Gasteiger partial charge < -0.3 is 20.2 Å². The van der Waals surface area contributed by atoms with Crippen LogP contribution < -0.4 is 0 Å². The number of aromatic amines is 2. The third-order valence-corrected chi connectivity index (χ3v) is 4.61. The third kappa shape index (κ3) is 4.12. The highest BCUT2D eigenvalue weighted by Gasteiger charge is 2.06. The van der Waals surface area contributed by atoms with Crippen molar-refractivity contribution >= 4 is 59.6 Å². The molecule has 5 nitrogen and oxygen atoms in total. The summed E-state index contributed by atoms with van der Waals surface area (Å²) in [6.45, 7) is 0.0618. The maximum atomic E-state index is 10.6. The van der Waals surface area contributed by atoms with Gasteiger partial charge in [0.15, 0.2) is 0 Å². The van der Waals surface area contributed by atoms with Crippen molar-refractivity contribution in [1.29, 1.82) is 0 Å². The van der Waals surface area contributed by atoms with E-state index in [4.69, 9.17) is 10.2 Å². The standard InChI is InChI=1S/C9H6BrNO2.C9H8BrNO/c10-6-2-1-5-3-8(9(12)13)11-7(5)4-6;10-7-2-1-6-3-8(5-12)11-9(6)4-7/h1-4,11H,(H,12,13);1-4,11-12H,5H2. The molecule has 2 aromatic carbocycles. The number of H-pyrrole nitrogens is 2. The van der Waals surface area contributed by atoms with Crippen LogP contribution >= 0.6 is 31.9 Å². The number of hydrogen-bond donors (Lipinski definition) is 4. The molecule has 0 amide bonds. The molecule has 4 N–H and O–H groups in total. The summed E-state index contributed by atoms with van der Waals surface area (Å²) in [5.41, 5.74) is 2.94. The fourth-order valence-corrected chi connectivity index (χ4v) is 3.18. The van der Waals surface area contributed by atoms with Crippen molar-refractivity contribution in [3.63, 3.8) is 0 Å². The van der Waals surface area contributed by atoms with Gasteiger partial charge in [0.2, 0.25) is 0 Å². The van der Waals surface area contributed by atoms with E-state index in [0.717, 1.165) is 36.4 Å². The van der Waals surface area contributed by atoms with Crippen molar-refractivity contribution < 1.29 is 15.0 Å². The smallest absolute Gasteiger partial charge is 0.352 e. The van der Waals surface area contributed by atoms with Crippen LogP contribution in [0, 0.1) is 0 Å². The number of fused-ring (bicyclic) bond motifs is 2. The lowest BCUT2D eigenvalue weighted by Gasteiger charge is -1.89. The lowest BCUT2D eigenvalue weighted by molar-refractivity contribution is 0.0691. The molecule has 4 rings (SSSR count). The van der Waals surface area contributed by atoms with E-state index in [2.05, 4.69) is 41.8 Å². The van der Waals surface area contributed by atoms with Crippen LogP contribution in [-0.2, 0) is 6.61 Å². The molecule has 0 spiro atoms. The number of rotatable bonds is 2. The Morgan fingerprint density at radius 1 is 0.880 bits per heavy atom. The van der Waals surface area contributed by atoms with Crippen LogP contribution in [0.4, 0.5) is 0 Å². The Bertz CT molecular complexity index is 1050. The fraction of sp³-hybridized carbons (Fsp3) is 0.0556. The zero-order chi connectivity index (χ0) is 18.0. The molecule has 0 saturated heterocycles. The molecule has 25 heavy (non-hydrogen) atoms. The molecule has 0 fully saturated rings. The summed E-state index contributed by atoms with van der Waals surface area (Å²) in [6, 6.07) is 15.1. The van der Waals surface area contributed by atoms with Gasteiger partial charge in [0.1, 0.15) is 5.69 Å². The van der Waals surface area contributed by atoms with E-state index < -0.39 is 5.97 Å². The van der Waals surface area contributed by atoms with Crippen LogP contribution in [-0.4, -0.2) is 26.2 Å². The van der Waals surface area contributed by atoms with Gasteiger partial charge in [-0.3, -0.25) is 0 Å². The van der Waals surface area contributed by atoms with E-state index in [1.807, 2.05) is 42.5 Å². The predicted molar refractivity (Wildman–Crippen MR) is 105 cm³/mol. The van der Waals surface area contributed by atoms with E-state index in [9.17, 15) is 4.79 Å². The summed E-state index contributed by atoms with van der Waals surface area (Å²) in [5, 5.41) is 19.6. The molecule has 0 unspecified atom stereocenters. The highest BCUT2D eigenvalue weighted by atomic mass is 79.9. The number of aromatic carboxylic acids is 1. The number of nitrogens with one attached hydrogen (secondary N) is 2. The molecular formula is C18H14Br2N2O3. The van der Waals surface area contributed by atoms with E-state index in [1.54, 1.807) is 6.07 Å². The van der Waals surface area contributed by atoms with Crippen molar-refractivity contribution in [2.45, 2.75) is 6.61 Å². The number of benzene rings is 2. The Kier molecular flexibility index (Phi) is 5.27. The Balaban J connectivity index is 0.000000146. The average Bonchev–Trinajstić information content (AvgIpc) is 3.17. The normalized spacial score (nSPS) is 10.7. The number of carboxylic acids is 1. The van der Waals surface area contributed by atoms with Crippen molar-refractivity contribution in [2.24, 2.45) is 0 Å². The molecule has 0 bridgehead atoms. The lowest BCUT2D eigenvalue weighted by Crippen LogP contribution is -1.94. The first-order chi connectivity index (χ1) is 12.0. The molecule has 0 aliphatic carbocycles. The summed E-state index contributed by atoms with van der Waals surface area (Å²) < 4.78 is 1.97. The number of aliphatic hydroxyl groups excluding tert-OH is 1. The topological polar surface area (TPSA) is 89.1 Å². The number of carboxylic acid groups (broad SMARTS) is 1. The molecule has 0 aliphatic heterocycles. The summed E-state index contributed by atoms with van der Waals surface area (Å²) in [7, 11) is 0. The number of hydrogen-bond acceptors (Lipinski definition) is 2. The van der Waals surface area contributed by atoms with Gasteiger partial charge in [-0.2, -0.15) is 0 Å². The Hall–Kier alpha value is -2.09. The van der Waals surface area contributed by atoms with E-state index in [0.29, 0.717) is 0 Å². The summed E-state index contributed by atoms with van der Waals surface area (Å²) >= 11 is 6.69. The summed E-state index contributed by atoms with van der Waals surface area (Å²) in [4.78, 5) is 16.5. The van der Waals surface area contributed by atoms with Gasteiger partial charge in [0, 0.05) is 31.1 Å². The predicted octanol–water partition coefficient (Wildman–Crippen LogP) is 5.05. The molecule has 2 aromatic heterocycles. The van der Waals surface area contributed by atoms with Gasteiger partial charge in [-0.05, 0) is 41.8 Å². The molecule has 128 valence electrons. The first-order valence-corrected chi connectivity index (χ1v) is 8.94. The zero-order valence-corrected chi connectivity index (χ0v) is 16.1. The SMILES string of the molecule is O=C(O)c1cc2ccc(Br)cc2[nH]1.OCc1cc2ccc(Br)cc2[nH]1. The van der Waals surface area contributed by atoms with Gasteiger partial charge >= 0.3 is 5.97 Å². The van der Waals surface area contributed by atoms with Crippen molar-refractivity contribution in [1.82, 2.24) is 9.97 Å². The van der Waals surface area contributed by atoms with Crippen LogP contribution in [0.3, 0.4) is 0 Å². The number of carbonyl (C=O) groups is 1. The van der Waals surface area contributed by atoms with Crippen molar-refractivity contribution in [2.75, 3.05) is 0 Å². The average molecular weight is 466 g/mol. The van der Waals surface area contributed by atoms with Crippen molar-refractivity contribution in [3.8, 4) is 0 Å². The minimum Gasteiger partial charge on any atom is -0.477 e. The van der Waals surface area contributed by atoms with Crippen LogP contribution in [0.25, 0.3) is 21.8 Å². The van der Waals surface area contributed by atoms with Crippen LogP contribution in [0.15, 0.2) is 57.5 Å². The summed E-state index contributed by atoms with van der Waals surface area (Å²) in [6.07, 6.45) is 0. The number of aromatic nitrogens is 2. The maximum Gasteiger partial charge on any atom is 0.352 e. The Labute approximate surface area is 159 Å². The van der Waals surface area contributed by atoms with E-state index >= 15 is 0 Å². The van der Waals surface area contributed by atoms with Crippen molar-refractivity contribution in [3.05, 3.63) is 68.9 Å². The summed E-state index contributed by atoms with van der Waals surface area (Å²) in [5.74, 6) is -0.938. The van der Waals surface area contributed by atoms with Gasteiger partial charge in [0.25, 0.3) is 0 Å². The molecule has 0 aliphatic rings. The third-order valence-electron chi connectivity index (χ3n) is 3.63. The van der Waals surface area contributed by atoms with Gasteiger partial charge in [-0.15, -0.1) is 0 Å². The fourth-order valence-electron chi connectivity index (χ4n) is 2.46. The Morgan fingerprint density at radius 3 is 2.00 bits per heavy atom. The molecule has 2 heterocycles. The zero-order valence-electron chi connectivity index (χ0n) is 12.9. The van der Waals surface area contributed by atoms with Gasteiger partial charge in [-0.1, -0.05) is 44.0 Å². The first-order valence-electron chi connectivity index (χ1n) is 7.36. The quantitative estimate of drug-likeness (QED) is 0.334. The van der Waals surface area contributed by atoms with Crippen LogP contribution in [0.1, 0.15) is 16.2 Å². The molecule has 4 aromatic rings. The maximum absolute atomic E-state index is 10.6. The molecular weight excluding hydrogens is 452 g/mol. The highest BCUT2D eigenvalue weighted by Crippen LogP contribution is 2.21. The largest absolute Gasteiger partial charge is 0.477 e. The molecule has 0 atom stereocenters. The monoisotopic (exact) mass is 464 g/mol. The van der Waals surface area contributed by atoms with E-state index in [-0.39, 0.29) is 12.3 Å². The number of aliphatic hydroxyl groups is 1. The molecule has 0 radical (unpaired) electrons. The van der Waals surface area contributed by atoms with Gasteiger partial charge in [-0.25, -0.2) is 4.79 Å². The minimum absolute atomic E-state index is 0.0618. The second kappa shape index (κ2) is 7.43. The second-order valence-electron chi connectivity index (χ2n) is 5.40. The Morgan fingerprint density at radius 2 is 1.44 bits per heavy atom. The molecule has 7 heteroatoms. The first kappa shape index (κ1) is 17.7. The van der Waals surface area contributed by atoms with Gasteiger partial charge in [0.05, 0.1) is 6.61 Å². The van der Waals surface area contributed by atoms with E-state index in [1.165, 1.54) is 0 Å². The van der Waals surface area contributed by atoms with Crippen LogP contribution in [0.2, 0.25) is 0 Å². The van der Waals surface area contributed by atoms with Crippen LogP contribution in [0.5, 0.6) is 0 Å².